The van der Waals surface area contributed by atoms with Crippen LogP contribution in [0.15, 0.2) is 18.2 Å². The van der Waals surface area contributed by atoms with Crippen molar-refractivity contribution in [2.24, 2.45) is 0 Å². The summed E-state index contributed by atoms with van der Waals surface area (Å²) in [6, 6.07) is 7.06. The van der Waals surface area contributed by atoms with Crippen LogP contribution < -0.4 is 9.47 Å². The summed E-state index contributed by atoms with van der Waals surface area (Å²) in [5.74, 6) is 0.646. The second kappa shape index (κ2) is 6.50. The number of para-hydroxylation sites is 1. The Labute approximate surface area is 107 Å². The maximum absolute atomic E-state index is 12.3. The molecule has 0 aliphatic carbocycles. The first-order chi connectivity index (χ1) is 8.69. The lowest BCUT2D eigenvalue weighted by Crippen LogP contribution is -2.31. The van der Waals surface area contributed by atoms with Gasteiger partial charge in [0.15, 0.2) is 11.5 Å². The number of ether oxygens (including phenoxy) is 2. The van der Waals surface area contributed by atoms with Crippen molar-refractivity contribution in [1.29, 1.82) is 5.26 Å². The molecule has 0 aliphatic heterocycles. The number of carbonyl (C=O) groups excluding carboxylic acids is 1. The molecule has 18 heavy (non-hydrogen) atoms. The van der Waals surface area contributed by atoms with Crippen LogP contribution in [0.5, 0.6) is 11.5 Å². The maximum atomic E-state index is 12.3. The van der Waals surface area contributed by atoms with Gasteiger partial charge in [-0.2, -0.15) is 5.26 Å². The van der Waals surface area contributed by atoms with E-state index in [2.05, 4.69) is 0 Å². The van der Waals surface area contributed by atoms with E-state index in [4.69, 9.17) is 14.7 Å². The van der Waals surface area contributed by atoms with Crippen LogP contribution in [0.25, 0.3) is 0 Å². The molecule has 0 radical (unpaired) electrons. The molecule has 0 atom stereocenters. The Kier molecular flexibility index (Phi) is 5.00. The van der Waals surface area contributed by atoms with E-state index >= 15 is 0 Å². The van der Waals surface area contributed by atoms with Gasteiger partial charge in [0.2, 0.25) is 0 Å². The minimum absolute atomic E-state index is 0.0513. The monoisotopic (exact) mass is 248 g/mol. The first kappa shape index (κ1) is 13.8. The number of hydrogen-bond acceptors (Lipinski definition) is 4. The summed E-state index contributed by atoms with van der Waals surface area (Å²) >= 11 is 0. The largest absolute Gasteiger partial charge is 0.493 e. The van der Waals surface area contributed by atoms with Crippen molar-refractivity contribution in [2.75, 3.05) is 27.3 Å². The molecule has 5 heteroatoms. The Balaban J connectivity index is 3.16. The molecule has 0 saturated carbocycles. The number of nitrogens with zero attached hydrogens (tertiary/aromatic N) is 2. The predicted octanol–water partition coefficient (Wildman–Crippen LogP) is 1.69. The predicted molar refractivity (Wildman–Crippen MR) is 66.7 cm³/mol. The first-order valence-corrected chi connectivity index (χ1v) is 5.56. The Morgan fingerprint density at radius 1 is 1.39 bits per heavy atom. The van der Waals surface area contributed by atoms with Gasteiger partial charge in [-0.15, -0.1) is 0 Å². The third-order valence-electron chi connectivity index (χ3n) is 2.56. The van der Waals surface area contributed by atoms with Crippen LogP contribution in [0.4, 0.5) is 0 Å². The molecule has 1 amide bonds. The zero-order valence-corrected chi connectivity index (χ0v) is 10.8. The van der Waals surface area contributed by atoms with Gasteiger partial charge >= 0.3 is 0 Å². The third kappa shape index (κ3) is 2.72. The van der Waals surface area contributed by atoms with Gasteiger partial charge in [0.05, 0.1) is 25.9 Å². The van der Waals surface area contributed by atoms with Crippen molar-refractivity contribution in [3.05, 3.63) is 23.8 Å². The number of benzene rings is 1. The van der Waals surface area contributed by atoms with Gasteiger partial charge in [-0.25, -0.2) is 0 Å². The summed E-state index contributed by atoms with van der Waals surface area (Å²) < 4.78 is 10.3. The lowest BCUT2D eigenvalue weighted by molar-refractivity contribution is 0.0780. The molecule has 0 unspecified atom stereocenters. The lowest BCUT2D eigenvalue weighted by atomic mass is 10.1. The minimum Gasteiger partial charge on any atom is -0.493 e. The molecule has 1 aromatic rings. The van der Waals surface area contributed by atoms with Crippen molar-refractivity contribution >= 4 is 5.91 Å². The number of methoxy groups -OCH3 is 2. The SMILES string of the molecule is CCN(CC#N)C(=O)c1cccc(OC)c1OC. The van der Waals surface area contributed by atoms with Crippen LogP contribution in [0.1, 0.15) is 17.3 Å². The molecular weight excluding hydrogens is 232 g/mol. The normalized spacial score (nSPS) is 9.44. The highest BCUT2D eigenvalue weighted by Crippen LogP contribution is 2.31. The fourth-order valence-electron chi connectivity index (χ4n) is 1.64. The molecule has 0 aliphatic rings. The standard InChI is InChI=1S/C13H16N2O3/c1-4-15(9-8-14)13(16)10-6-5-7-11(17-2)12(10)18-3/h5-7H,4,9H2,1-3H3. The van der Waals surface area contributed by atoms with Crippen LogP contribution in [0.3, 0.4) is 0 Å². The third-order valence-corrected chi connectivity index (χ3v) is 2.56. The van der Waals surface area contributed by atoms with E-state index in [0.29, 0.717) is 23.6 Å². The van der Waals surface area contributed by atoms with Crippen LogP contribution in [-0.4, -0.2) is 38.1 Å². The van der Waals surface area contributed by atoms with E-state index in [1.807, 2.05) is 13.0 Å². The summed E-state index contributed by atoms with van der Waals surface area (Å²) in [5.41, 5.74) is 0.397. The van der Waals surface area contributed by atoms with E-state index in [-0.39, 0.29) is 12.5 Å². The molecule has 0 bridgehead atoms. The zero-order valence-electron chi connectivity index (χ0n) is 10.8. The van der Waals surface area contributed by atoms with Crippen LogP contribution >= 0.6 is 0 Å². The Morgan fingerprint density at radius 3 is 2.61 bits per heavy atom. The summed E-state index contributed by atoms with van der Waals surface area (Å²) in [6.45, 7) is 2.34. The summed E-state index contributed by atoms with van der Waals surface area (Å²) in [4.78, 5) is 13.7. The number of carbonyl (C=O) groups is 1. The topological polar surface area (TPSA) is 62.6 Å². The van der Waals surface area contributed by atoms with Gasteiger partial charge in [0.25, 0.3) is 5.91 Å². The molecular formula is C13H16N2O3. The molecule has 1 aromatic carbocycles. The Hall–Kier alpha value is -2.22. The average Bonchev–Trinajstić information content (AvgIpc) is 2.42. The number of nitriles is 1. The van der Waals surface area contributed by atoms with E-state index in [1.54, 1.807) is 18.2 Å². The molecule has 0 N–H and O–H groups in total. The Morgan fingerprint density at radius 2 is 2.11 bits per heavy atom. The van der Waals surface area contributed by atoms with Gasteiger partial charge in [-0.05, 0) is 19.1 Å². The summed E-state index contributed by atoms with van der Waals surface area (Å²) in [5, 5.41) is 8.69. The lowest BCUT2D eigenvalue weighted by Gasteiger charge is -2.19. The van der Waals surface area contributed by atoms with Crippen LogP contribution in [0, 0.1) is 11.3 Å². The van der Waals surface area contributed by atoms with Gasteiger partial charge in [0.1, 0.15) is 6.54 Å². The highest BCUT2D eigenvalue weighted by atomic mass is 16.5. The van der Waals surface area contributed by atoms with Crippen molar-refractivity contribution in [2.45, 2.75) is 6.92 Å². The van der Waals surface area contributed by atoms with Gasteiger partial charge in [-0.1, -0.05) is 6.07 Å². The highest BCUT2D eigenvalue weighted by molar-refractivity contribution is 5.98. The van der Waals surface area contributed by atoms with Crippen molar-refractivity contribution in [3.8, 4) is 17.6 Å². The summed E-state index contributed by atoms with van der Waals surface area (Å²) in [7, 11) is 2.99. The fraction of sp³-hybridized carbons (Fsp3) is 0.385. The highest BCUT2D eigenvalue weighted by Gasteiger charge is 2.20. The molecule has 1 rings (SSSR count). The first-order valence-electron chi connectivity index (χ1n) is 5.56. The van der Waals surface area contributed by atoms with E-state index in [0.717, 1.165) is 0 Å². The second-order valence-corrected chi connectivity index (χ2v) is 3.52. The van der Waals surface area contributed by atoms with Gasteiger partial charge < -0.3 is 14.4 Å². The fourth-order valence-corrected chi connectivity index (χ4v) is 1.64. The molecule has 0 spiro atoms. The van der Waals surface area contributed by atoms with E-state index in [9.17, 15) is 4.79 Å². The number of amides is 1. The zero-order chi connectivity index (χ0) is 13.5. The quantitative estimate of drug-likeness (QED) is 0.744. The molecule has 0 saturated heterocycles. The number of hydrogen-bond donors (Lipinski definition) is 0. The van der Waals surface area contributed by atoms with E-state index < -0.39 is 0 Å². The summed E-state index contributed by atoms with van der Waals surface area (Å²) in [6.07, 6.45) is 0. The molecule has 5 nitrogen and oxygen atoms in total. The van der Waals surface area contributed by atoms with Crippen LogP contribution in [0.2, 0.25) is 0 Å². The number of rotatable bonds is 5. The maximum Gasteiger partial charge on any atom is 0.258 e. The Bertz CT molecular complexity index is 466. The van der Waals surface area contributed by atoms with Crippen molar-refractivity contribution in [1.82, 2.24) is 4.90 Å². The average molecular weight is 248 g/mol. The van der Waals surface area contributed by atoms with Gasteiger partial charge in [-0.3, -0.25) is 4.79 Å². The second-order valence-electron chi connectivity index (χ2n) is 3.52. The van der Waals surface area contributed by atoms with Crippen LogP contribution in [-0.2, 0) is 0 Å². The minimum atomic E-state index is -0.241. The van der Waals surface area contributed by atoms with E-state index in [1.165, 1.54) is 19.1 Å². The smallest absolute Gasteiger partial charge is 0.258 e. The van der Waals surface area contributed by atoms with Crippen molar-refractivity contribution in [3.63, 3.8) is 0 Å². The molecule has 0 fully saturated rings. The molecule has 96 valence electrons. The van der Waals surface area contributed by atoms with Crippen molar-refractivity contribution < 1.29 is 14.3 Å². The van der Waals surface area contributed by atoms with Gasteiger partial charge in [0, 0.05) is 6.54 Å². The molecule has 0 aromatic heterocycles. The molecule has 0 heterocycles.